The van der Waals surface area contributed by atoms with Crippen LogP contribution in [0.3, 0.4) is 0 Å². The van der Waals surface area contributed by atoms with Gasteiger partial charge in [0.05, 0.1) is 0 Å². The summed E-state index contributed by atoms with van der Waals surface area (Å²) in [6.07, 6.45) is 2.02. The van der Waals surface area contributed by atoms with Gasteiger partial charge < -0.3 is 4.90 Å². The van der Waals surface area contributed by atoms with E-state index in [0.29, 0.717) is 5.78 Å². The van der Waals surface area contributed by atoms with Crippen LogP contribution in [0.15, 0.2) is 11.1 Å². The second kappa shape index (κ2) is 4.05. The predicted molar refractivity (Wildman–Crippen MR) is 54.7 cm³/mol. The summed E-state index contributed by atoms with van der Waals surface area (Å²) in [4.78, 5) is 13.9. The highest BCUT2D eigenvalue weighted by Gasteiger charge is 2.29. The van der Waals surface area contributed by atoms with Crippen molar-refractivity contribution >= 4 is 5.78 Å². The van der Waals surface area contributed by atoms with Crippen LogP contribution in [0.5, 0.6) is 0 Å². The quantitative estimate of drug-likeness (QED) is 0.606. The smallest absolute Gasteiger partial charge is 0.163 e. The molecule has 2 nitrogen and oxygen atoms in total. The van der Waals surface area contributed by atoms with Crippen molar-refractivity contribution in [1.82, 2.24) is 4.90 Å². The third-order valence-electron chi connectivity index (χ3n) is 2.60. The Morgan fingerprint density at radius 3 is 2.46 bits per heavy atom. The fraction of sp³-hybridized carbons (Fsp3) is 0.727. The average Bonchev–Trinajstić information content (AvgIpc) is 2.32. The topological polar surface area (TPSA) is 20.3 Å². The van der Waals surface area contributed by atoms with Crippen LogP contribution in [-0.4, -0.2) is 31.3 Å². The van der Waals surface area contributed by atoms with Crippen LogP contribution >= 0.6 is 0 Å². The molecule has 0 heterocycles. The van der Waals surface area contributed by atoms with Gasteiger partial charge in [0.2, 0.25) is 0 Å². The maximum Gasteiger partial charge on any atom is 0.163 e. The zero-order chi connectivity index (χ0) is 10.0. The molecule has 1 atom stereocenters. The van der Waals surface area contributed by atoms with E-state index in [9.17, 15) is 4.79 Å². The first-order chi connectivity index (χ1) is 6.02. The highest BCUT2D eigenvalue weighted by molar-refractivity contribution is 6.00. The lowest BCUT2D eigenvalue weighted by Gasteiger charge is -2.13. The normalized spacial score (nSPS) is 23.0. The summed E-state index contributed by atoms with van der Waals surface area (Å²) in [6, 6.07) is 0. The van der Waals surface area contributed by atoms with E-state index >= 15 is 0 Å². The van der Waals surface area contributed by atoms with Gasteiger partial charge in [-0.05, 0) is 46.4 Å². The first kappa shape index (κ1) is 10.5. The summed E-state index contributed by atoms with van der Waals surface area (Å²) in [5.41, 5.74) is 2.28. The number of Topliss-reactive ketones (excluding diaryl/α,β-unsaturated/α-hetero) is 1. The predicted octanol–water partition coefficient (Wildman–Crippen LogP) is 1.86. The Morgan fingerprint density at radius 1 is 1.46 bits per heavy atom. The molecule has 0 N–H and O–H groups in total. The number of hydrogen-bond acceptors (Lipinski definition) is 2. The molecule has 0 aromatic carbocycles. The fourth-order valence-electron chi connectivity index (χ4n) is 1.93. The molecular formula is C11H19NO. The lowest BCUT2D eigenvalue weighted by atomic mass is 10.0. The molecule has 0 aromatic rings. The van der Waals surface area contributed by atoms with Gasteiger partial charge in [-0.15, -0.1) is 0 Å². The van der Waals surface area contributed by atoms with E-state index in [0.717, 1.165) is 25.0 Å². The third kappa shape index (κ3) is 2.41. The van der Waals surface area contributed by atoms with Crippen molar-refractivity contribution in [2.45, 2.75) is 26.7 Å². The fourth-order valence-corrected chi connectivity index (χ4v) is 1.93. The molecule has 0 saturated heterocycles. The SMILES string of the molecule is CC(C)=C1CCC(CN(C)C)C1=O. The van der Waals surface area contributed by atoms with Crippen molar-refractivity contribution < 1.29 is 4.79 Å². The van der Waals surface area contributed by atoms with Gasteiger partial charge in [-0.25, -0.2) is 0 Å². The highest BCUT2D eigenvalue weighted by Crippen LogP contribution is 2.29. The first-order valence-corrected chi connectivity index (χ1v) is 4.87. The summed E-state index contributed by atoms with van der Waals surface area (Å²) in [6.45, 7) is 4.96. The summed E-state index contributed by atoms with van der Waals surface area (Å²) in [5.74, 6) is 0.633. The molecule has 1 unspecified atom stereocenters. The van der Waals surface area contributed by atoms with E-state index in [1.165, 1.54) is 5.57 Å². The molecule has 0 spiro atoms. The summed E-state index contributed by atoms with van der Waals surface area (Å²) < 4.78 is 0. The number of allylic oxidation sites excluding steroid dienone is 2. The number of nitrogens with zero attached hydrogens (tertiary/aromatic N) is 1. The van der Waals surface area contributed by atoms with Crippen molar-refractivity contribution in [2.24, 2.45) is 5.92 Å². The second-order valence-electron chi connectivity index (χ2n) is 4.34. The number of carbonyl (C=O) groups excluding carboxylic acids is 1. The molecule has 74 valence electrons. The molecule has 1 fully saturated rings. The second-order valence-corrected chi connectivity index (χ2v) is 4.34. The van der Waals surface area contributed by atoms with E-state index in [1.54, 1.807) is 0 Å². The minimum absolute atomic E-state index is 0.250. The minimum Gasteiger partial charge on any atom is -0.309 e. The molecule has 0 amide bonds. The molecule has 13 heavy (non-hydrogen) atoms. The van der Waals surface area contributed by atoms with Crippen LogP contribution in [0, 0.1) is 5.92 Å². The lowest BCUT2D eigenvalue weighted by molar-refractivity contribution is -0.118. The summed E-state index contributed by atoms with van der Waals surface area (Å²) in [5, 5.41) is 0. The van der Waals surface area contributed by atoms with Gasteiger partial charge in [0.25, 0.3) is 0 Å². The third-order valence-corrected chi connectivity index (χ3v) is 2.60. The van der Waals surface area contributed by atoms with Gasteiger partial charge in [0.15, 0.2) is 5.78 Å². The Bertz CT molecular complexity index is 236. The standard InChI is InChI=1S/C11H19NO/c1-8(2)10-6-5-9(11(10)13)7-12(3)4/h9H,5-7H2,1-4H3. The van der Waals surface area contributed by atoms with E-state index in [2.05, 4.69) is 4.90 Å². The largest absolute Gasteiger partial charge is 0.309 e. The molecule has 1 aliphatic rings. The highest BCUT2D eigenvalue weighted by atomic mass is 16.1. The summed E-state index contributed by atoms with van der Waals surface area (Å²) >= 11 is 0. The number of hydrogen-bond donors (Lipinski definition) is 0. The monoisotopic (exact) mass is 181 g/mol. The van der Waals surface area contributed by atoms with Crippen molar-refractivity contribution in [3.05, 3.63) is 11.1 Å². The van der Waals surface area contributed by atoms with Crippen LogP contribution < -0.4 is 0 Å². The maximum absolute atomic E-state index is 11.8. The lowest BCUT2D eigenvalue weighted by Crippen LogP contribution is -2.24. The van der Waals surface area contributed by atoms with Crippen molar-refractivity contribution in [3.63, 3.8) is 0 Å². The average molecular weight is 181 g/mol. The Balaban J connectivity index is 2.66. The van der Waals surface area contributed by atoms with Crippen LogP contribution in [0.4, 0.5) is 0 Å². The molecule has 1 saturated carbocycles. The molecule has 0 radical (unpaired) electrons. The van der Waals surface area contributed by atoms with Crippen LogP contribution in [0.25, 0.3) is 0 Å². The summed E-state index contributed by atoms with van der Waals surface area (Å²) in [7, 11) is 4.04. The van der Waals surface area contributed by atoms with Gasteiger partial charge in [0.1, 0.15) is 0 Å². The van der Waals surface area contributed by atoms with Crippen molar-refractivity contribution in [1.29, 1.82) is 0 Å². The van der Waals surface area contributed by atoms with Crippen molar-refractivity contribution in [2.75, 3.05) is 20.6 Å². The molecule has 2 heteroatoms. The maximum atomic E-state index is 11.8. The van der Waals surface area contributed by atoms with Gasteiger partial charge in [-0.3, -0.25) is 4.79 Å². The minimum atomic E-state index is 0.250. The van der Waals surface area contributed by atoms with Crippen molar-refractivity contribution in [3.8, 4) is 0 Å². The van der Waals surface area contributed by atoms with Gasteiger partial charge in [-0.1, -0.05) is 5.57 Å². The van der Waals surface area contributed by atoms with E-state index in [-0.39, 0.29) is 5.92 Å². The van der Waals surface area contributed by atoms with E-state index in [1.807, 2.05) is 27.9 Å². The molecule has 1 rings (SSSR count). The Labute approximate surface area is 80.6 Å². The molecule has 0 aliphatic heterocycles. The Morgan fingerprint density at radius 2 is 2.08 bits per heavy atom. The van der Waals surface area contributed by atoms with Crippen LogP contribution in [0.1, 0.15) is 26.7 Å². The van der Waals surface area contributed by atoms with Crippen LogP contribution in [-0.2, 0) is 4.79 Å². The zero-order valence-electron chi connectivity index (χ0n) is 9.05. The Kier molecular flexibility index (Phi) is 3.26. The van der Waals surface area contributed by atoms with E-state index in [4.69, 9.17) is 0 Å². The number of rotatable bonds is 2. The zero-order valence-corrected chi connectivity index (χ0v) is 9.05. The Hall–Kier alpha value is -0.630. The first-order valence-electron chi connectivity index (χ1n) is 4.87. The van der Waals surface area contributed by atoms with E-state index < -0.39 is 0 Å². The van der Waals surface area contributed by atoms with Gasteiger partial charge in [0, 0.05) is 12.5 Å². The number of ketones is 1. The van der Waals surface area contributed by atoms with Gasteiger partial charge >= 0.3 is 0 Å². The molecule has 0 aromatic heterocycles. The number of carbonyl (C=O) groups is 1. The molecule has 0 bridgehead atoms. The molecular weight excluding hydrogens is 162 g/mol. The molecule has 1 aliphatic carbocycles. The van der Waals surface area contributed by atoms with Crippen LogP contribution in [0.2, 0.25) is 0 Å². The van der Waals surface area contributed by atoms with Gasteiger partial charge in [-0.2, -0.15) is 0 Å².